The Balaban J connectivity index is 0.000000921. The minimum Gasteiger partial charge on any atom is -0.465 e. The first-order chi connectivity index (χ1) is 7.19. The zero-order chi connectivity index (χ0) is 11.8. The van der Waals surface area contributed by atoms with E-state index in [-0.39, 0.29) is 5.97 Å². The Morgan fingerprint density at radius 1 is 1.33 bits per heavy atom. The molecule has 0 saturated heterocycles. The van der Waals surface area contributed by atoms with E-state index in [0.717, 1.165) is 10.5 Å². The molecule has 3 heteroatoms. The number of hydrogen-bond acceptors (Lipinski definition) is 3. The molecule has 84 valence electrons. The molecule has 0 bridgehead atoms. The van der Waals surface area contributed by atoms with E-state index in [1.807, 2.05) is 39.2 Å². The first-order valence-corrected chi connectivity index (χ1v) is 6.14. The minimum atomic E-state index is -0.273. The molecule has 2 nitrogen and oxygen atoms in total. The SMILES string of the molecule is CC.COC(=O)c1ccc(SC)cc1C. The van der Waals surface area contributed by atoms with Crippen LogP contribution in [-0.4, -0.2) is 19.3 Å². The molecule has 0 aliphatic carbocycles. The van der Waals surface area contributed by atoms with Crippen LogP contribution in [0.2, 0.25) is 0 Å². The van der Waals surface area contributed by atoms with Crippen molar-refractivity contribution >= 4 is 17.7 Å². The maximum Gasteiger partial charge on any atom is 0.338 e. The Bertz CT molecular complexity index is 321. The average molecular weight is 226 g/mol. The van der Waals surface area contributed by atoms with Gasteiger partial charge in [-0.2, -0.15) is 0 Å². The van der Waals surface area contributed by atoms with Gasteiger partial charge in [-0.15, -0.1) is 11.8 Å². The van der Waals surface area contributed by atoms with E-state index in [4.69, 9.17) is 0 Å². The van der Waals surface area contributed by atoms with Crippen LogP contribution in [0.5, 0.6) is 0 Å². The van der Waals surface area contributed by atoms with Gasteiger partial charge in [0.2, 0.25) is 0 Å². The fourth-order valence-electron chi connectivity index (χ4n) is 1.10. The molecule has 0 aliphatic rings. The summed E-state index contributed by atoms with van der Waals surface area (Å²) in [4.78, 5) is 12.4. The molecule has 15 heavy (non-hydrogen) atoms. The first kappa shape index (κ1) is 14.0. The highest BCUT2D eigenvalue weighted by molar-refractivity contribution is 7.98. The lowest BCUT2D eigenvalue weighted by atomic mass is 10.1. The highest BCUT2D eigenvalue weighted by Crippen LogP contribution is 2.19. The minimum absolute atomic E-state index is 0.273. The Hall–Kier alpha value is -0.960. The highest BCUT2D eigenvalue weighted by atomic mass is 32.2. The summed E-state index contributed by atoms with van der Waals surface area (Å²) in [6.07, 6.45) is 2.01. The third-order valence-electron chi connectivity index (χ3n) is 1.84. The van der Waals surface area contributed by atoms with Crippen molar-refractivity contribution in [3.63, 3.8) is 0 Å². The highest BCUT2D eigenvalue weighted by Gasteiger charge is 2.08. The van der Waals surface area contributed by atoms with E-state index in [9.17, 15) is 4.79 Å². The molecular weight excluding hydrogens is 208 g/mol. The van der Waals surface area contributed by atoms with Gasteiger partial charge >= 0.3 is 5.97 Å². The van der Waals surface area contributed by atoms with Crippen molar-refractivity contribution in [2.75, 3.05) is 13.4 Å². The molecule has 0 amide bonds. The lowest BCUT2D eigenvalue weighted by molar-refractivity contribution is 0.0600. The Kier molecular flexibility index (Phi) is 6.88. The molecule has 0 saturated carbocycles. The van der Waals surface area contributed by atoms with E-state index >= 15 is 0 Å². The van der Waals surface area contributed by atoms with Gasteiger partial charge in [0.1, 0.15) is 0 Å². The summed E-state index contributed by atoms with van der Waals surface area (Å²) in [5, 5.41) is 0. The number of carbonyl (C=O) groups is 1. The number of hydrogen-bond donors (Lipinski definition) is 0. The van der Waals surface area contributed by atoms with Gasteiger partial charge in [-0.1, -0.05) is 13.8 Å². The molecule has 0 aromatic heterocycles. The van der Waals surface area contributed by atoms with Crippen LogP contribution in [0.4, 0.5) is 0 Å². The van der Waals surface area contributed by atoms with Crippen LogP contribution in [-0.2, 0) is 4.74 Å². The Labute approximate surface area is 96.0 Å². The summed E-state index contributed by atoms with van der Waals surface area (Å²) in [5.74, 6) is -0.273. The molecule has 0 unspecified atom stereocenters. The van der Waals surface area contributed by atoms with Crippen molar-refractivity contribution in [3.05, 3.63) is 29.3 Å². The maximum absolute atomic E-state index is 11.2. The van der Waals surface area contributed by atoms with Gasteiger partial charge in [0.15, 0.2) is 0 Å². The number of esters is 1. The maximum atomic E-state index is 11.2. The summed E-state index contributed by atoms with van der Waals surface area (Å²) in [6.45, 7) is 5.91. The fraction of sp³-hybridized carbons (Fsp3) is 0.417. The molecular formula is C12H18O2S. The topological polar surface area (TPSA) is 26.3 Å². The van der Waals surface area contributed by atoms with Crippen molar-refractivity contribution in [1.29, 1.82) is 0 Å². The number of methoxy groups -OCH3 is 1. The molecule has 0 aliphatic heterocycles. The summed E-state index contributed by atoms with van der Waals surface area (Å²) in [5.41, 5.74) is 1.60. The van der Waals surface area contributed by atoms with Crippen molar-refractivity contribution in [3.8, 4) is 0 Å². The number of thioether (sulfide) groups is 1. The van der Waals surface area contributed by atoms with Gasteiger partial charge in [-0.3, -0.25) is 0 Å². The zero-order valence-corrected chi connectivity index (χ0v) is 10.8. The number of ether oxygens (including phenoxy) is 1. The Morgan fingerprint density at radius 2 is 1.93 bits per heavy atom. The average Bonchev–Trinajstić information content (AvgIpc) is 2.30. The van der Waals surface area contributed by atoms with Gasteiger partial charge < -0.3 is 4.74 Å². The predicted octanol–water partition coefficient (Wildman–Crippen LogP) is 3.53. The van der Waals surface area contributed by atoms with Crippen LogP contribution in [0.15, 0.2) is 23.1 Å². The summed E-state index contributed by atoms with van der Waals surface area (Å²) in [7, 11) is 1.39. The Morgan fingerprint density at radius 3 is 2.33 bits per heavy atom. The van der Waals surface area contributed by atoms with Crippen LogP contribution >= 0.6 is 11.8 Å². The number of benzene rings is 1. The van der Waals surface area contributed by atoms with Crippen molar-refractivity contribution in [2.45, 2.75) is 25.7 Å². The van der Waals surface area contributed by atoms with Crippen LogP contribution in [0.3, 0.4) is 0 Å². The molecule has 0 radical (unpaired) electrons. The van der Waals surface area contributed by atoms with Crippen LogP contribution in [0, 0.1) is 6.92 Å². The van der Waals surface area contributed by atoms with E-state index in [2.05, 4.69) is 4.74 Å². The summed E-state index contributed by atoms with van der Waals surface area (Å²) < 4.78 is 4.64. The fourth-order valence-corrected chi connectivity index (χ4v) is 1.60. The molecule has 0 heterocycles. The van der Waals surface area contributed by atoms with Crippen molar-refractivity contribution in [1.82, 2.24) is 0 Å². The van der Waals surface area contributed by atoms with Crippen molar-refractivity contribution in [2.24, 2.45) is 0 Å². The van der Waals surface area contributed by atoms with Gasteiger partial charge in [0.25, 0.3) is 0 Å². The van der Waals surface area contributed by atoms with Gasteiger partial charge in [-0.25, -0.2) is 4.79 Å². The summed E-state index contributed by atoms with van der Waals surface area (Å²) >= 11 is 1.66. The van der Waals surface area contributed by atoms with Gasteiger partial charge in [0, 0.05) is 4.90 Å². The quantitative estimate of drug-likeness (QED) is 0.570. The van der Waals surface area contributed by atoms with Crippen molar-refractivity contribution < 1.29 is 9.53 Å². The number of rotatable bonds is 2. The molecule has 1 aromatic rings. The van der Waals surface area contributed by atoms with Gasteiger partial charge in [-0.05, 0) is 36.9 Å². The largest absolute Gasteiger partial charge is 0.465 e. The standard InChI is InChI=1S/C10H12O2S.C2H6/c1-7-6-8(13-3)4-5-9(7)10(11)12-2;1-2/h4-6H,1-3H3;1-2H3. The predicted molar refractivity (Wildman–Crippen MR) is 65.6 cm³/mol. The number of carbonyl (C=O) groups excluding carboxylic acids is 1. The normalized spacial score (nSPS) is 8.87. The molecule has 0 atom stereocenters. The second kappa shape index (κ2) is 7.35. The van der Waals surface area contributed by atoms with Crippen LogP contribution in [0.1, 0.15) is 29.8 Å². The van der Waals surface area contributed by atoms with Gasteiger partial charge in [0.05, 0.1) is 12.7 Å². The number of aryl methyl sites for hydroxylation is 1. The van der Waals surface area contributed by atoms with Crippen LogP contribution in [0.25, 0.3) is 0 Å². The first-order valence-electron chi connectivity index (χ1n) is 4.92. The second-order valence-electron chi connectivity index (χ2n) is 2.67. The molecule has 0 fully saturated rings. The monoisotopic (exact) mass is 226 g/mol. The molecule has 1 aromatic carbocycles. The van der Waals surface area contributed by atoms with E-state index < -0.39 is 0 Å². The third-order valence-corrected chi connectivity index (χ3v) is 2.56. The second-order valence-corrected chi connectivity index (χ2v) is 3.55. The lowest BCUT2D eigenvalue weighted by Gasteiger charge is -2.04. The molecule has 1 rings (SSSR count). The zero-order valence-electron chi connectivity index (χ0n) is 9.96. The molecule has 0 N–H and O–H groups in total. The van der Waals surface area contributed by atoms with E-state index in [1.54, 1.807) is 17.8 Å². The lowest BCUT2D eigenvalue weighted by Crippen LogP contribution is -2.03. The van der Waals surface area contributed by atoms with E-state index in [0.29, 0.717) is 5.56 Å². The smallest absolute Gasteiger partial charge is 0.338 e. The van der Waals surface area contributed by atoms with Crippen LogP contribution < -0.4 is 0 Å². The summed E-state index contributed by atoms with van der Waals surface area (Å²) in [6, 6.07) is 5.70. The molecule has 0 spiro atoms. The third kappa shape index (κ3) is 3.96. The van der Waals surface area contributed by atoms with E-state index in [1.165, 1.54) is 7.11 Å².